The molecule has 2 rings (SSSR count). The van der Waals surface area contributed by atoms with Gasteiger partial charge in [-0.1, -0.05) is 50.1 Å². The van der Waals surface area contributed by atoms with Crippen LogP contribution in [0.3, 0.4) is 0 Å². The quantitative estimate of drug-likeness (QED) is 0.390. The van der Waals surface area contributed by atoms with Gasteiger partial charge in [0.2, 0.25) is 0 Å². The summed E-state index contributed by atoms with van der Waals surface area (Å²) in [7, 11) is -3.41. The monoisotopic (exact) mass is 360 g/mol. The van der Waals surface area contributed by atoms with Crippen LogP contribution in [0.1, 0.15) is 63.0 Å². The molecule has 24 heavy (non-hydrogen) atoms. The van der Waals surface area contributed by atoms with Crippen molar-refractivity contribution in [2.45, 2.75) is 51.9 Å². The molecule has 0 aliphatic heterocycles. The summed E-state index contributed by atoms with van der Waals surface area (Å²) in [6, 6.07) is 5.90. The van der Waals surface area contributed by atoms with Gasteiger partial charge in [0.1, 0.15) is 0 Å². The Bertz CT molecular complexity index is 586. The van der Waals surface area contributed by atoms with Crippen LogP contribution >= 0.6 is 7.82 Å². The van der Waals surface area contributed by atoms with E-state index in [2.05, 4.69) is 26.2 Å². The average Bonchev–Trinajstić information content (AvgIpc) is 2.44. The highest BCUT2D eigenvalue weighted by Crippen LogP contribution is 2.46. The number of rotatable bonds is 9. The lowest BCUT2D eigenvalue weighted by Crippen LogP contribution is -2.19. The van der Waals surface area contributed by atoms with Gasteiger partial charge in [-0.2, -0.15) is 0 Å². The molecule has 1 saturated carbocycles. The van der Waals surface area contributed by atoms with Crippen LogP contribution in [0.25, 0.3) is 0 Å². The summed E-state index contributed by atoms with van der Waals surface area (Å²) in [4.78, 5) is 18.6. The van der Waals surface area contributed by atoms with Crippen molar-refractivity contribution in [2.75, 3.05) is 7.11 Å². The summed E-state index contributed by atoms with van der Waals surface area (Å²) < 4.78 is 19.7. The van der Waals surface area contributed by atoms with Crippen molar-refractivity contribution in [1.82, 2.24) is 0 Å². The molecule has 0 heterocycles. The molecule has 0 amide bonds. The summed E-state index contributed by atoms with van der Waals surface area (Å²) in [6.45, 7) is 6.22. The Morgan fingerprint density at radius 3 is 2.38 bits per heavy atom. The molecule has 1 N–H and O–H groups in total. The van der Waals surface area contributed by atoms with Gasteiger partial charge in [0.15, 0.2) is 5.75 Å². The van der Waals surface area contributed by atoms with Crippen LogP contribution < -0.4 is 4.89 Å². The number of benzene rings is 1. The van der Waals surface area contributed by atoms with Gasteiger partial charge in [-0.25, -0.2) is 9.45 Å². The first kappa shape index (κ1) is 19.4. The Kier molecular flexibility index (Phi) is 6.80. The molecule has 2 atom stereocenters. The predicted octanol–water partition coefficient (Wildman–Crippen LogP) is 4.63. The van der Waals surface area contributed by atoms with E-state index in [1.807, 2.05) is 32.0 Å². The molecule has 0 bridgehead atoms. The Balaban J connectivity index is 2.17. The van der Waals surface area contributed by atoms with Crippen molar-refractivity contribution >= 4 is 7.82 Å². The van der Waals surface area contributed by atoms with Gasteiger partial charge < -0.3 is 4.89 Å². The first-order valence-corrected chi connectivity index (χ1v) is 9.56. The molecule has 136 valence electrons. The standard InChI is InChI=1S/C16H25O7P/c1-11(2)14-9-6-10-15(12(3)13-7-5-8-13)16(14)20-21-23-24(17,18)22-19-4/h6,9-13H,5,7-8H2,1-4H3,(H,17,18)/t12-/m1/s1. The van der Waals surface area contributed by atoms with E-state index in [1.165, 1.54) is 19.3 Å². The highest BCUT2D eigenvalue weighted by Gasteiger charge is 2.30. The maximum atomic E-state index is 11.4. The molecule has 0 radical (unpaired) electrons. The zero-order chi connectivity index (χ0) is 17.7. The van der Waals surface area contributed by atoms with Crippen molar-refractivity contribution in [3.63, 3.8) is 0 Å². The third-order valence-corrected chi connectivity index (χ3v) is 5.04. The Morgan fingerprint density at radius 2 is 1.83 bits per heavy atom. The van der Waals surface area contributed by atoms with E-state index in [0.29, 0.717) is 17.6 Å². The van der Waals surface area contributed by atoms with E-state index in [-0.39, 0.29) is 5.92 Å². The van der Waals surface area contributed by atoms with Crippen LogP contribution in [0.15, 0.2) is 18.2 Å². The lowest BCUT2D eigenvalue weighted by atomic mass is 9.73. The smallest absolute Gasteiger partial charge is 0.307 e. The van der Waals surface area contributed by atoms with Crippen molar-refractivity contribution in [3.8, 4) is 5.75 Å². The molecule has 0 saturated heterocycles. The maximum absolute atomic E-state index is 11.4. The third-order valence-electron chi connectivity index (χ3n) is 4.46. The zero-order valence-corrected chi connectivity index (χ0v) is 15.3. The first-order chi connectivity index (χ1) is 11.4. The van der Waals surface area contributed by atoms with Gasteiger partial charge >= 0.3 is 7.82 Å². The fourth-order valence-electron chi connectivity index (χ4n) is 2.87. The lowest BCUT2D eigenvalue weighted by Gasteiger charge is -2.32. The number of hydrogen-bond donors (Lipinski definition) is 1. The Morgan fingerprint density at radius 1 is 1.17 bits per heavy atom. The molecule has 1 aliphatic carbocycles. The minimum Gasteiger partial charge on any atom is -0.307 e. The summed E-state index contributed by atoms with van der Waals surface area (Å²) >= 11 is 0. The number of phosphoric acid groups is 1. The third kappa shape index (κ3) is 4.79. The van der Waals surface area contributed by atoms with Gasteiger partial charge in [-0.05, 0) is 35.6 Å². The fourth-order valence-corrected chi connectivity index (χ4v) is 3.19. The average molecular weight is 360 g/mol. The van der Waals surface area contributed by atoms with Crippen LogP contribution in [0.5, 0.6) is 5.75 Å². The van der Waals surface area contributed by atoms with Crippen molar-refractivity contribution in [1.29, 1.82) is 0 Å². The Hall–Kier alpha value is -0.950. The summed E-state index contributed by atoms with van der Waals surface area (Å²) in [5.41, 5.74) is 1.93. The normalized spacial score (nSPS) is 18.9. The molecule has 1 aliphatic rings. The second-order valence-electron chi connectivity index (χ2n) is 6.34. The number of hydrogen-bond acceptors (Lipinski definition) is 6. The topological polar surface area (TPSA) is 83.5 Å². The van der Waals surface area contributed by atoms with E-state index in [9.17, 15) is 9.46 Å². The van der Waals surface area contributed by atoms with Crippen LogP contribution in [0.2, 0.25) is 0 Å². The SMILES string of the molecule is COOP(=O)(O)OOOc1c(C(C)C)cccc1[C@H](C)C1CCC1. The van der Waals surface area contributed by atoms with Crippen molar-refractivity contribution < 1.29 is 33.6 Å². The lowest BCUT2D eigenvalue weighted by molar-refractivity contribution is -0.426. The molecular weight excluding hydrogens is 335 g/mol. The van der Waals surface area contributed by atoms with Crippen LogP contribution in [-0.2, 0) is 23.8 Å². The number of para-hydroxylation sites is 1. The van der Waals surface area contributed by atoms with Crippen LogP contribution in [-0.4, -0.2) is 12.0 Å². The zero-order valence-electron chi connectivity index (χ0n) is 14.4. The van der Waals surface area contributed by atoms with Crippen molar-refractivity contribution in [2.24, 2.45) is 5.92 Å². The van der Waals surface area contributed by atoms with E-state index >= 15 is 0 Å². The van der Waals surface area contributed by atoms with Crippen LogP contribution in [0.4, 0.5) is 0 Å². The van der Waals surface area contributed by atoms with Gasteiger partial charge in [0, 0.05) is 11.1 Å². The largest absolute Gasteiger partial charge is 0.529 e. The molecule has 1 unspecified atom stereocenters. The summed E-state index contributed by atoms with van der Waals surface area (Å²) in [5.74, 6) is 1.61. The molecule has 7 nitrogen and oxygen atoms in total. The molecule has 0 aromatic heterocycles. The summed E-state index contributed by atoms with van der Waals surface area (Å²) in [5, 5.41) is 4.53. The Labute approximate surface area is 142 Å². The molecule has 0 spiro atoms. The molecule has 8 heteroatoms. The molecular formula is C16H25O7P. The van der Waals surface area contributed by atoms with Crippen LogP contribution in [0, 0.1) is 5.92 Å². The second kappa shape index (κ2) is 8.43. The van der Waals surface area contributed by atoms with Crippen molar-refractivity contribution in [3.05, 3.63) is 29.3 Å². The highest BCUT2D eigenvalue weighted by atomic mass is 31.2. The van der Waals surface area contributed by atoms with Gasteiger partial charge in [-0.15, -0.1) is 4.67 Å². The van der Waals surface area contributed by atoms with E-state index < -0.39 is 7.82 Å². The molecule has 1 aromatic carbocycles. The maximum Gasteiger partial charge on any atom is 0.529 e. The fraction of sp³-hybridized carbons (Fsp3) is 0.625. The van der Waals surface area contributed by atoms with Gasteiger partial charge in [0.25, 0.3) is 0 Å². The minimum absolute atomic E-state index is 0.188. The predicted molar refractivity (Wildman–Crippen MR) is 87.0 cm³/mol. The highest BCUT2D eigenvalue weighted by molar-refractivity contribution is 7.47. The molecule has 1 fully saturated rings. The molecule has 1 aromatic rings. The summed E-state index contributed by atoms with van der Waals surface area (Å²) in [6.07, 6.45) is 3.63. The van der Waals surface area contributed by atoms with E-state index in [1.54, 1.807) is 0 Å². The van der Waals surface area contributed by atoms with Gasteiger partial charge in [-0.3, -0.25) is 4.89 Å². The van der Waals surface area contributed by atoms with E-state index in [4.69, 9.17) is 4.89 Å². The second-order valence-corrected chi connectivity index (χ2v) is 7.57. The minimum atomic E-state index is -4.49. The van der Waals surface area contributed by atoms with E-state index in [0.717, 1.165) is 18.2 Å². The first-order valence-electron chi connectivity index (χ1n) is 8.06. The van der Waals surface area contributed by atoms with Gasteiger partial charge in [0.05, 0.1) is 7.11 Å².